The molecule has 2 rings (SSSR count). The van der Waals surface area contributed by atoms with Crippen LogP contribution in [0.3, 0.4) is 0 Å². The molecule has 0 radical (unpaired) electrons. The molecule has 0 spiro atoms. The Bertz CT molecular complexity index is 630. The maximum atomic E-state index is 3.59. The van der Waals surface area contributed by atoms with E-state index in [9.17, 15) is 0 Å². The zero-order valence-electron chi connectivity index (χ0n) is 12.9. The number of fused-ring (bicyclic) bond motifs is 1. The van der Waals surface area contributed by atoms with Crippen LogP contribution in [0, 0.1) is 0 Å². The molecule has 0 aliphatic rings. The van der Waals surface area contributed by atoms with Gasteiger partial charge in [0.2, 0.25) is 0 Å². The molecule has 0 saturated carbocycles. The van der Waals surface area contributed by atoms with E-state index in [0.717, 1.165) is 12.8 Å². The first-order valence-corrected chi connectivity index (χ1v) is 7.28. The average molecular weight is 268 g/mol. The number of nitrogens with zero attached hydrogens (tertiary/aromatic N) is 1. The zero-order chi connectivity index (χ0) is 14.5. The van der Waals surface area contributed by atoms with Gasteiger partial charge in [-0.15, -0.1) is 0 Å². The number of nitrogens with one attached hydrogen (secondary N) is 1. The summed E-state index contributed by atoms with van der Waals surface area (Å²) in [5.74, 6) is 0. The van der Waals surface area contributed by atoms with Crippen molar-refractivity contribution >= 4 is 16.5 Å². The molecule has 2 nitrogen and oxygen atoms in total. The Labute approximate surface area is 121 Å². The van der Waals surface area contributed by atoms with Crippen LogP contribution < -0.4 is 0 Å². The van der Waals surface area contributed by atoms with Crippen LogP contribution >= 0.6 is 0 Å². The number of allylic oxidation sites excluding steroid dienone is 3. The summed E-state index contributed by atoms with van der Waals surface area (Å²) in [6.45, 7) is 4.33. The number of H-pyrrole nitrogens is 1. The van der Waals surface area contributed by atoms with Crippen molar-refractivity contribution in [3.63, 3.8) is 0 Å². The molecule has 106 valence electrons. The molecular weight excluding hydrogens is 244 g/mol. The van der Waals surface area contributed by atoms with Gasteiger partial charge in [0.1, 0.15) is 0 Å². The lowest BCUT2D eigenvalue weighted by Crippen LogP contribution is -2.00. The maximum absolute atomic E-state index is 3.59. The number of aromatic amines is 1. The van der Waals surface area contributed by atoms with Crippen molar-refractivity contribution in [2.75, 3.05) is 14.1 Å². The number of aromatic nitrogens is 1. The van der Waals surface area contributed by atoms with Crippen LogP contribution in [-0.4, -0.2) is 24.0 Å². The van der Waals surface area contributed by atoms with Crippen molar-refractivity contribution < 1.29 is 0 Å². The van der Waals surface area contributed by atoms with Crippen LogP contribution in [0.1, 0.15) is 31.5 Å². The second-order valence-electron chi connectivity index (χ2n) is 5.30. The van der Waals surface area contributed by atoms with Crippen LogP contribution in [0.4, 0.5) is 0 Å². The number of benzene rings is 1. The first-order chi connectivity index (χ1) is 9.67. The lowest BCUT2D eigenvalue weighted by atomic mass is 10.0. The molecule has 0 amide bonds. The molecule has 2 aromatic rings. The van der Waals surface area contributed by atoms with Crippen LogP contribution in [0.15, 0.2) is 42.6 Å². The molecule has 1 heterocycles. The normalized spacial score (nSPS) is 12.5. The minimum absolute atomic E-state index is 1.10. The van der Waals surface area contributed by atoms with Gasteiger partial charge >= 0.3 is 0 Å². The molecule has 1 aromatic heterocycles. The van der Waals surface area contributed by atoms with Gasteiger partial charge in [0, 0.05) is 30.7 Å². The fraction of sp³-hybridized carbons (Fsp3) is 0.333. The molecule has 0 unspecified atom stereocenters. The molecule has 2 heteroatoms. The van der Waals surface area contributed by atoms with Gasteiger partial charge in [-0.3, -0.25) is 0 Å². The third-order valence-corrected chi connectivity index (χ3v) is 3.47. The first-order valence-electron chi connectivity index (χ1n) is 7.28. The van der Waals surface area contributed by atoms with Gasteiger partial charge in [0.15, 0.2) is 0 Å². The van der Waals surface area contributed by atoms with E-state index in [1.54, 1.807) is 0 Å². The van der Waals surface area contributed by atoms with E-state index >= 15 is 0 Å². The number of rotatable bonds is 5. The highest BCUT2D eigenvalue weighted by molar-refractivity contribution is 5.90. The van der Waals surface area contributed by atoms with Crippen LogP contribution in [0.5, 0.6) is 0 Å². The summed E-state index contributed by atoms with van der Waals surface area (Å²) < 4.78 is 0. The Hall–Kier alpha value is -1.96. The summed E-state index contributed by atoms with van der Waals surface area (Å²) in [5, 5.41) is 1.35. The van der Waals surface area contributed by atoms with Gasteiger partial charge in [0.05, 0.1) is 0 Å². The maximum Gasteiger partial charge on any atom is 0.0494 e. The highest BCUT2D eigenvalue weighted by atomic mass is 15.0. The van der Waals surface area contributed by atoms with Crippen LogP contribution in [0.2, 0.25) is 0 Å². The van der Waals surface area contributed by atoms with Crippen molar-refractivity contribution in [1.29, 1.82) is 0 Å². The molecule has 0 saturated heterocycles. The van der Waals surface area contributed by atoms with Crippen molar-refractivity contribution in [3.05, 3.63) is 53.9 Å². The standard InChI is InChI=1S/C18H24N2/c1-5-9-16-15-10-7-8-11-17(15)19-18(16)14(6-2)12-13-20(3)4/h6-8,10-13,19H,5,9H2,1-4H3/b13-12-,14-6+. The quantitative estimate of drug-likeness (QED) is 0.785. The topological polar surface area (TPSA) is 19.0 Å². The largest absolute Gasteiger partial charge is 0.383 e. The summed E-state index contributed by atoms with van der Waals surface area (Å²) in [7, 11) is 4.09. The van der Waals surface area contributed by atoms with E-state index in [1.807, 2.05) is 14.1 Å². The highest BCUT2D eigenvalue weighted by Gasteiger charge is 2.12. The van der Waals surface area contributed by atoms with Crippen molar-refractivity contribution in [2.24, 2.45) is 0 Å². The molecule has 1 N–H and O–H groups in total. The van der Waals surface area contributed by atoms with Gasteiger partial charge in [-0.2, -0.15) is 0 Å². The van der Waals surface area contributed by atoms with E-state index in [4.69, 9.17) is 0 Å². The lowest BCUT2D eigenvalue weighted by molar-refractivity contribution is 0.564. The smallest absolute Gasteiger partial charge is 0.0494 e. The van der Waals surface area contributed by atoms with E-state index in [1.165, 1.54) is 27.7 Å². The number of aryl methyl sites for hydroxylation is 1. The zero-order valence-corrected chi connectivity index (χ0v) is 12.9. The fourth-order valence-corrected chi connectivity index (χ4v) is 2.51. The minimum atomic E-state index is 1.10. The summed E-state index contributed by atoms with van der Waals surface area (Å²) in [6.07, 6.45) is 8.69. The molecule has 0 atom stereocenters. The van der Waals surface area contributed by atoms with E-state index in [2.05, 4.69) is 66.3 Å². The third-order valence-electron chi connectivity index (χ3n) is 3.47. The predicted molar refractivity (Wildman–Crippen MR) is 88.8 cm³/mol. The number of hydrogen-bond donors (Lipinski definition) is 1. The monoisotopic (exact) mass is 268 g/mol. The Balaban J connectivity index is 2.54. The Kier molecular flexibility index (Phi) is 4.67. The Morgan fingerprint density at radius 3 is 2.65 bits per heavy atom. The van der Waals surface area contributed by atoms with Crippen LogP contribution in [0.25, 0.3) is 16.5 Å². The molecule has 0 bridgehead atoms. The SMILES string of the molecule is C/C=C(\C=C/N(C)C)c1[nH]c2ccccc2c1CCC. The summed E-state index contributed by atoms with van der Waals surface area (Å²) in [6, 6.07) is 8.57. The van der Waals surface area contributed by atoms with E-state index < -0.39 is 0 Å². The Morgan fingerprint density at radius 2 is 2.00 bits per heavy atom. The summed E-state index contributed by atoms with van der Waals surface area (Å²) >= 11 is 0. The third kappa shape index (κ3) is 2.96. The fourth-order valence-electron chi connectivity index (χ4n) is 2.51. The first kappa shape index (κ1) is 14.4. The van der Waals surface area contributed by atoms with Gasteiger partial charge < -0.3 is 9.88 Å². The van der Waals surface area contributed by atoms with Crippen molar-refractivity contribution in [3.8, 4) is 0 Å². The van der Waals surface area contributed by atoms with E-state index in [-0.39, 0.29) is 0 Å². The Morgan fingerprint density at radius 1 is 1.25 bits per heavy atom. The second kappa shape index (κ2) is 6.47. The molecule has 0 aliphatic carbocycles. The highest BCUT2D eigenvalue weighted by Crippen LogP contribution is 2.29. The summed E-state index contributed by atoms with van der Waals surface area (Å²) in [4.78, 5) is 5.65. The van der Waals surface area contributed by atoms with E-state index in [0.29, 0.717) is 0 Å². The number of para-hydroxylation sites is 1. The predicted octanol–water partition coefficient (Wildman–Crippen LogP) is 4.60. The second-order valence-corrected chi connectivity index (χ2v) is 5.30. The van der Waals surface area contributed by atoms with Gasteiger partial charge in [-0.1, -0.05) is 37.6 Å². The minimum Gasteiger partial charge on any atom is -0.383 e. The number of hydrogen-bond acceptors (Lipinski definition) is 1. The van der Waals surface area contributed by atoms with Crippen molar-refractivity contribution in [2.45, 2.75) is 26.7 Å². The average Bonchev–Trinajstić information content (AvgIpc) is 2.79. The molecule has 0 fully saturated rings. The molecule has 1 aromatic carbocycles. The molecule has 20 heavy (non-hydrogen) atoms. The van der Waals surface area contributed by atoms with Crippen LogP contribution in [-0.2, 0) is 6.42 Å². The molecule has 0 aliphatic heterocycles. The summed E-state index contributed by atoms with van der Waals surface area (Å²) in [5.41, 5.74) is 5.16. The van der Waals surface area contributed by atoms with Gasteiger partial charge in [-0.25, -0.2) is 0 Å². The molecular formula is C18H24N2. The lowest BCUT2D eigenvalue weighted by Gasteiger charge is -2.07. The van der Waals surface area contributed by atoms with Crippen molar-refractivity contribution in [1.82, 2.24) is 9.88 Å². The van der Waals surface area contributed by atoms with Gasteiger partial charge in [0.25, 0.3) is 0 Å². The van der Waals surface area contributed by atoms with Gasteiger partial charge in [-0.05, 0) is 42.8 Å².